The van der Waals surface area contributed by atoms with Gasteiger partial charge in [0.25, 0.3) is 10.0 Å². The molecular formula is C16H20N4O2S3. The Labute approximate surface area is 155 Å². The summed E-state index contributed by atoms with van der Waals surface area (Å²) in [4.78, 5) is 4.74. The number of thioether (sulfide) groups is 1. The van der Waals surface area contributed by atoms with Gasteiger partial charge in [-0.15, -0.1) is 11.3 Å². The highest BCUT2D eigenvalue weighted by Gasteiger charge is 2.17. The minimum absolute atomic E-state index is 0.159. The van der Waals surface area contributed by atoms with Gasteiger partial charge in [0.05, 0.1) is 22.1 Å². The second kappa shape index (κ2) is 7.35. The Morgan fingerprint density at radius 3 is 2.84 bits per heavy atom. The number of hydrogen-bond donors (Lipinski definition) is 1. The zero-order valence-electron chi connectivity index (χ0n) is 14.3. The van der Waals surface area contributed by atoms with E-state index in [0.29, 0.717) is 18.2 Å². The van der Waals surface area contributed by atoms with Gasteiger partial charge in [-0.25, -0.2) is 13.4 Å². The number of aromatic nitrogens is 3. The van der Waals surface area contributed by atoms with E-state index >= 15 is 0 Å². The lowest BCUT2D eigenvalue weighted by molar-refractivity contribution is 0.600. The topological polar surface area (TPSA) is 76.9 Å². The maximum atomic E-state index is 12.5. The first-order chi connectivity index (χ1) is 11.9. The van der Waals surface area contributed by atoms with Crippen LogP contribution in [-0.2, 0) is 16.6 Å². The number of nitrogens with one attached hydrogen (secondary N) is 1. The van der Waals surface area contributed by atoms with Gasteiger partial charge < -0.3 is 0 Å². The van der Waals surface area contributed by atoms with E-state index in [2.05, 4.69) is 28.7 Å². The van der Waals surface area contributed by atoms with Crippen LogP contribution in [0.1, 0.15) is 20.8 Å². The predicted molar refractivity (Wildman–Crippen MR) is 104 cm³/mol. The van der Waals surface area contributed by atoms with Crippen LogP contribution in [0.3, 0.4) is 0 Å². The molecule has 2 aromatic heterocycles. The third kappa shape index (κ3) is 4.34. The highest BCUT2D eigenvalue weighted by Crippen LogP contribution is 2.32. The zero-order valence-corrected chi connectivity index (χ0v) is 16.7. The fourth-order valence-corrected chi connectivity index (χ4v) is 5.22. The molecule has 0 radical (unpaired) electrons. The van der Waals surface area contributed by atoms with E-state index < -0.39 is 10.0 Å². The number of aryl methyl sites for hydroxylation is 1. The Hall–Kier alpha value is -1.58. The molecular weight excluding hydrogens is 376 g/mol. The lowest BCUT2D eigenvalue weighted by atomic mass is 10.3. The zero-order chi connectivity index (χ0) is 18.0. The fourth-order valence-electron chi connectivity index (χ4n) is 2.14. The van der Waals surface area contributed by atoms with Crippen LogP contribution in [0.2, 0.25) is 0 Å². The Morgan fingerprint density at radius 2 is 2.16 bits per heavy atom. The number of thiazole rings is 1. The molecule has 3 rings (SSSR count). The molecule has 134 valence electrons. The van der Waals surface area contributed by atoms with Crippen LogP contribution < -0.4 is 4.72 Å². The molecule has 0 atom stereocenters. The largest absolute Gasteiger partial charge is 0.279 e. The van der Waals surface area contributed by atoms with Crippen LogP contribution >= 0.6 is 23.1 Å². The molecule has 3 aromatic rings. The smallest absolute Gasteiger partial charge is 0.265 e. The number of fused-ring (bicyclic) bond motifs is 1. The van der Waals surface area contributed by atoms with E-state index in [4.69, 9.17) is 0 Å². The lowest BCUT2D eigenvalue weighted by Gasteiger charge is -2.05. The quantitative estimate of drug-likeness (QED) is 0.609. The third-order valence-electron chi connectivity index (χ3n) is 3.41. The molecule has 0 saturated carbocycles. The van der Waals surface area contributed by atoms with Crippen molar-refractivity contribution in [1.29, 1.82) is 0 Å². The summed E-state index contributed by atoms with van der Waals surface area (Å²) in [5, 5.41) is 4.02. The highest BCUT2D eigenvalue weighted by molar-refractivity contribution is 8.01. The normalized spacial score (nSPS) is 12.2. The van der Waals surface area contributed by atoms with Gasteiger partial charge in [-0.3, -0.25) is 9.40 Å². The Balaban J connectivity index is 1.81. The van der Waals surface area contributed by atoms with Crippen molar-refractivity contribution in [1.82, 2.24) is 14.8 Å². The maximum Gasteiger partial charge on any atom is 0.265 e. The Morgan fingerprint density at radius 1 is 1.36 bits per heavy atom. The van der Waals surface area contributed by atoms with E-state index in [-0.39, 0.29) is 4.90 Å². The average Bonchev–Trinajstić information content (AvgIpc) is 3.19. The number of hydrogen-bond acceptors (Lipinski definition) is 6. The van der Waals surface area contributed by atoms with E-state index in [0.717, 1.165) is 20.3 Å². The summed E-state index contributed by atoms with van der Waals surface area (Å²) in [6.45, 7) is 6.88. The Kier molecular flexibility index (Phi) is 5.35. The van der Waals surface area contributed by atoms with E-state index in [1.165, 1.54) is 12.4 Å². The molecule has 0 bridgehead atoms. The average molecular weight is 397 g/mol. The van der Waals surface area contributed by atoms with Crippen molar-refractivity contribution in [3.63, 3.8) is 0 Å². The minimum atomic E-state index is -3.64. The third-order valence-corrected chi connectivity index (χ3v) is 7.33. The second-order valence-corrected chi connectivity index (χ2v) is 9.98. The molecule has 0 unspecified atom stereocenters. The molecule has 0 aliphatic rings. The van der Waals surface area contributed by atoms with Gasteiger partial charge in [0.15, 0.2) is 4.34 Å². The van der Waals surface area contributed by atoms with Crippen molar-refractivity contribution in [2.75, 3.05) is 10.5 Å². The van der Waals surface area contributed by atoms with Crippen LogP contribution in [0.15, 0.2) is 39.8 Å². The number of nitrogens with zero attached hydrogens (tertiary/aromatic N) is 3. The summed E-state index contributed by atoms with van der Waals surface area (Å²) in [7, 11) is -3.64. The van der Waals surface area contributed by atoms with Crippen LogP contribution in [0.5, 0.6) is 0 Å². The number of anilines is 1. The van der Waals surface area contributed by atoms with Crippen LogP contribution in [-0.4, -0.2) is 28.9 Å². The summed E-state index contributed by atoms with van der Waals surface area (Å²) in [6.07, 6.45) is 2.88. The van der Waals surface area contributed by atoms with Gasteiger partial charge in [-0.1, -0.05) is 25.6 Å². The van der Waals surface area contributed by atoms with Crippen LogP contribution in [0.4, 0.5) is 5.69 Å². The summed E-state index contributed by atoms with van der Waals surface area (Å²) >= 11 is 3.32. The number of benzene rings is 1. The van der Waals surface area contributed by atoms with Crippen molar-refractivity contribution < 1.29 is 8.42 Å². The molecule has 6 nitrogen and oxygen atoms in total. The first kappa shape index (κ1) is 18.2. The van der Waals surface area contributed by atoms with E-state index in [1.807, 2.05) is 19.1 Å². The molecule has 1 aromatic carbocycles. The SMILES string of the molecule is CCn1cc(S(=O)(=O)Nc2ccc3nc(SCC(C)C)sc3c2)cn1. The predicted octanol–water partition coefficient (Wildman–Crippen LogP) is 4.06. The van der Waals surface area contributed by atoms with Gasteiger partial charge >= 0.3 is 0 Å². The molecule has 0 saturated heterocycles. The van der Waals surface area contributed by atoms with Gasteiger partial charge in [0.2, 0.25) is 0 Å². The monoisotopic (exact) mass is 396 g/mol. The summed E-state index contributed by atoms with van der Waals surface area (Å²) in [5.74, 6) is 1.61. The van der Waals surface area contributed by atoms with Gasteiger partial charge in [-0.05, 0) is 31.0 Å². The Bertz CT molecular complexity index is 976. The van der Waals surface area contributed by atoms with Crippen molar-refractivity contribution in [2.24, 2.45) is 5.92 Å². The highest BCUT2D eigenvalue weighted by atomic mass is 32.2. The van der Waals surface area contributed by atoms with Crippen molar-refractivity contribution >= 4 is 49.0 Å². The first-order valence-electron chi connectivity index (χ1n) is 7.96. The first-order valence-corrected chi connectivity index (χ1v) is 11.2. The summed E-state index contributed by atoms with van der Waals surface area (Å²) < 4.78 is 31.1. The number of sulfonamides is 1. The lowest BCUT2D eigenvalue weighted by Crippen LogP contribution is -2.12. The van der Waals surface area contributed by atoms with Crippen molar-refractivity contribution in [3.8, 4) is 0 Å². The molecule has 25 heavy (non-hydrogen) atoms. The maximum absolute atomic E-state index is 12.5. The molecule has 9 heteroatoms. The standard InChI is InChI=1S/C16H20N4O2S3/c1-4-20-9-13(8-17-20)25(21,22)19-12-5-6-14-15(7-12)24-16(18-14)23-10-11(2)3/h5-9,11,19H,4,10H2,1-3H3. The van der Waals surface area contributed by atoms with Crippen molar-refractivity contribution in [2.45, 2.75) is 36.6 Å². The van der Waals surface area contributed by atoms with Gasteiger partial charge in [-0.2, -0.15) is 5.10 Å². The summed E-state index contributed by atoms with van der Waals surface area (Å²) in [5.41, 5.74) is 1.42. The van der Waals surface area contributed by atoms with Crippen molar-refractivity contribution in [3.05, 3.63) is 30.6 Å². The molecule has 1 N–H and O–H groups in total. The molecule has 0 amide bonds. The van der Waals surface area contributed by atoms with E-state index in [9.17, 15) is 8.42 Å². The molecule has 0 aliphatic carbocycles. The second-order valence-electron chi connectivity index (χ2n) is 6.00. The fraction of sp³-hybridized carbons (Fsp3) is 0.375. The van der Waals surface area contributed by atoms with Gasteiger partial charge in [0, 0.05) is 18.5 Å². The minimum Gasteiger partial charge on any atom is -0.279 e. The van der Waals surface area contributed by atoms with E-state index in [1.54, 1.807) is 33.8 Å². The van der Waals surface area contributed by atoms with Gasteiger partial charge in [0.1, 0.15) is 4.90 Å². The molecule has 0 spiro atoms. The molecule has 0 aliphatic heterocycles. The molecule has 0 fully saturated rings. The van der Waals surface area contributed by atoms with Crippen LogP contribution in [0.25, 0.3) is 10.2 Å². The summed E-state index contributed by atoms with van der Waals surface area (Å²) in [6, 6.07) is 5.41. The van der Waals surface area contributed by atoms with Crippen LogP contribution in [0, 0.1) is 5.92 Å². The molecule has 2 heterocycles. The number of rotatable bonds is 7.